The van der Waals surface area contributed by atoms with Crippen LogP contribution < -0.4 is 0 Å². The van der Waals surface area contributed by atoms with Crippen molar-refractivity contribution in [2.45, 2.75) is 12.8 Å². The van der Waals surface area contributed by atoms with E-state index in [4.69, 9.17) is 0 Å². The monoisotopic (exact) mass is 160 g/mol. The van der Waals surface area contributed by atoms with Gasteiger partial charge >= 0.3 is 0 Å². The van der Waals surface area contributed by atoms with Crippen molar-refractivity contribution in [1.82, 2.24) is 0 Å². The zero-order chi connectivity index (χ0) is 8.27. The predicted octanol–water partition coefficient (Wildman–Crippen LogP) is 1.66. The summed E-state index contributed by atoms with van der Waals surface area (Å²) in [6, 6.07) is 1.49. The molecule has 0 bridgehead atoms. The Bertz CT molecular complexity index is 229. The molecular formula is C7H6F2O2. The topological polar surface area (TPSA) is 30.2 Å². The van der Waals surface area contributed by atoms with Gasteiger partial charge in [-0.25, -0.2) is 8.78 Å². The van der Waals surface area contributed by atoms with Gasteiger partial charge in [-0.2, -0.15) is 0 Å². The lowest BCUT2D eigenvalue weighted by atomic mass is 10.2. The van der Waals surface area contributed by atoms with Gasteiger partial charge in [0.15, 0.2) is 0 Å². The molecule has 0 radical (unpaired) electrons. The van der Waals surface area contributed by atoms with Gasteiger partial charge in [0.25, 0.3) is 6.43 Å². The van der Waals surface area contributed by atoms with Gasteiger partial charge in [-0.3, -0.25) is 4.79 Å². The fraction of sp³-hybridized carbons (Fsp3) is 0.286. The molecule has 0 saturated carbocycles. The molecule has 0 amide bonds. The third-order valence-corrected chi connectivity index (χ3v) is 1.20. The highest BCUT2D eigenvalue weighted by atomic mass is 19.3. The Morgan fingerprint density at radius 3 is 2.82 bits per heavy atom. The molecule has 0 unspecified atom stereocenters. The first kappa shape index (κ1) is 7.91. The van der Waals surface area contributed by atoms with E-state index >= 15 is 0 Å². The summed E-state index contributed by atoms with van der Waals surface area (Å²) in [4.78, 5) is 10.4. The largest absolute Gasteiger partial charge is 0.472 e. The van der Waals surface area contributed by atoms with Crippen molar-refractivity contribution in [3.05, 3.63) is 24.2 Å². The molecule has 60 valence electrons. The molecule has 4 heteroatoms. The van der Waals surface area contributed by atoms with Gasteiger partial charge in [0.2, 0.25) is 5.78 Å². The molecule has 0 aliphatic heterocycles. The standard InChI is InChI=1S/C7H6F2O2/c8-7(9)6(10)3-5-1-2-11-4-5/h1-2,4,7H,3H2. The lowest BCUT2D eigenvalue weighted by Crippen LogP contribution is -2.12. The molecule has 0 spiro atoms. The van der Waals surface area contributed by atoms with Crippen LogP contribution >= 0.6 is 0 Å². The highest BCUT2D eigenvalue weighted by Crippen LogP contribution is 2.05. The third-order valence-electron chi connectivity index (χ3n) is 1.20. The van der Waals surface area contributed by atoms with Crippen molar-refractivity contribution in [2.24, 2.45) is 0 Å². The number of hydrogen-bond acceptors (Lipinski definition) is 2. The number of rotatable bonds is 3. The highest BCUT2D eigenvalue weighted by molar-refractivity contribution is 5.83. The van der Waals surface area contributed by atoms with Gasteiger partial charge in [-0.1, -0.05) is 0 Å². The molecule has 0 saturated heterocycles. The first-order valence-electron chi connectivity index (χ1n) is 3.02. The minimum Gasteiger partial charge on any atom is -0.472 e. The van der Waals surface area contributed by atoms with Crippen molar-refractivity contribution in [1.29, 1.82) is 0 Å². The number of alkyl halides is 2. The quantitative estimate of drug-likeness (QED) is 0.673. The van der Waals surface area contributed by atoms with E-state index in [1.165, 1.54) is 18.6 Å². The maximum Gasteiger partial charge on any atom is 0.296 e. The molecule has 2 nitrogen and oxygen atoms in total. The Kier molecular flexibility index (Phi) is 2.36. The lowest BCUT2D eigenvalue weighted by Gasteiger charge is -1.93. The van der Waals surface area contributed by atoms with Crippen molar-refractivity contribution in [3.63, 3.8) is 0 Å². The van der Waals surface area contributed by atoms with E-state index in [2.05, 4.69) is 4.42 Å². The van der Waals surface area contributed by atoms with E-state index in [0.29, 0.717) is 5.56 Å². The van der Waals surface area contributed by atoms with Crippen molar-refractivity contribution >= 4 is 5.78 Å². The number of ketones is 1. The van der Waals surface area contributed by atoms with Gasteiger partial charge in [0.05, 0.1) is 12.5 Å². The van der Waals surface area contributed by atoms with Crippen molar-refractivity contribution < 1.29 is 18.0 Å². The normalized spacial score (nSPS) is 10.5. The number of carbonyl (C=O) groups excluding carboxylic acids is 1. The van der Waals surface area contributed by atoms with Crippen LogP contribution in [0.5, 0.6) is 0 Å². The average molecular weight is 160 g/mol. The second-order valence-corrected chi connectivity index (χ2v) is 2.08. The molecule has 0 aromatic carbocycles. The summed E-state index contributed by atoms with van der Waals surface area (Å²) in [6.07, 6.45) is -0.521. The second kappa shape index (κ2) is 3.27. The Hall–Kier alpha value is -1.19. The molecule has 0 fully saturated rings. The zero-order valence-electron chi connectivity index (χ0n) is 5.59. The molecule has 0 N–H and O–H groups in total. The van der Waals surface area contributed by atoms with Crippen LogP contribution in [-0.2, 0) is 11.2 Å². The second-order valence-electron chi connectivity index (χ2n) is 2.08. The van der Waals surface area contributed by atoms with Crippen LogP contribution in [0.15, 0.2) is 23.0 Å². The molecule has 1 heterocycles. The summed E-state index contributed by atoms with van der Waals surface area (Å²) < 4.78 is 27.9. The third kappa shape index (κ3) is 2.14. The fourth-order valence-corrected chi connectivity index (χ4v) is 0.672. The van der Waals surface area contributed by atoms with Gasteiger partial charge in [-0.15, -0.1) is 0 Å². The number of furan rings is 1. The van der Waals surface area contributed by atoms with E-state index in [1.54, 1.807) is 0 Å². The Labute approximate surface area is 61.8 Å². The molecule has 11 heavy (non-hydrogen) atoms. The van der Waals surface area contributed by atoms with Gasteiger partial charge < -0.3 is 4.42 Å². The summed E-state index contributed by atoms with van der Waals surface area (Å²) in [5, 5.41) is 0. The highest BCUT2D eigenvalue weighted by Gasteiger charge is 2.15. The molecular weight excluding hydrogens is 154 g/mol. The van der Waals surface area contributed by atoms with Gasteiger partial charge in [0, 0.05) is 6.42 Å². The Morgan fingerprint density at radius 2 is 2.36 bits per heavy atom. The maximum absolute atomic E-state index is 11.6. The minimum atomic E-state index is -2.88. The summed E-state index contributed by atoms with van der Waals surface area (Å²) >= 11 is 0. The number of carbonyl (C=O) groups is 1. The lowest BCUT2D eigenvalue weighted by molar-refractivity contribution is -0.128. The minimum absolute atomic E-state index is 0.256. The van der Waals surface area contributed by atoms with E-state index in [0.717, 1.165) is 0 Å². The van der Waals surface area contributed by atoms with Crippen LogP contribution in [-0.4, -0.2) is 12.2 Å². The molecule has 1 aromatic heterocycles. The first-order chi connectivity index (χ1) is 5.20. The average Bonchev–Trinajstić information content (AvgIpc) is 2.39. The molecule has 0 atom stereocenters. The first-order valence-corrected chi connectivity index (χ1v) is 3.02. The SMILES string of the molecule is O=C(Cc1ccoc1)C(F)F. The van der Waals surface area contributed by atoms with Crippen LogP contribution in [0.2, 0.25) is 0 Å². The Morgan fingerprint density at radius 1 is 1.64 bits per heavy atom. The van der Waals surface area contributed by atoms with E-state index < -0.39 is 12.2 Å². The van der Waals surface area contributed by atoms with Crippen LogP contribution in [0, 0.1) is 0 Å². The molecule has 0 aliphatic rings. The summed E-state index contributed by atoms with van der Waals surface area (Å²) in [5.74, 6) is -1.08. The Balaban J connectivity index is 2.50. The van der Waals surface area contributed by atoms with Crippen molar-refractivity contribution in [3.8, 4) is 0 Å². The van der Waals surface area contributed by atoms with Crippen LogP contribution in [0.25, 0.3) is 0 Å². The van der Waals surface area contributed by atoms with Crippen LogP contribution in [0.4, 0.5) is 8.78 Å². The molecule has 1 aromatic rings. The maximum atomic E-state index is 11.6. The summed E-state index contributed by atoms with van der Waals surface area (Å²) in [6.45, 7) is 0. The number of Topliss-reactive ketones (excluding diaryl/α,β-unsaturated/α-hetero) is 1. The number of halogens is 2. The summed E-state index contributed by atoms with van der Waals surface area (Å²) in [5.41, 5.74) is 0.482. The number of hydrogen-bond donors (Lipinski definition) is 0. The predicted molar refractivity (Wildman–Crippen MR) is 33.4 cm³/mol. The van der Waals surface area contributed by atoms with Crippen molar-refractivity contribution in [2.75, 3.05) is 0 Å². The van der Waals surface area contributed by atoms with E-state index in [-0.39, 0.29) is 6.42 Å². The van der Waals surface area contributed by atoms with Crippen LogP contribution in [0.1, 0.15) is 5.56 Å². The van der Waals surface area contributed by atoms with E-state index in [9.17, 15) is 13.6 Å². The van der Waals surface area contributed by atoms with Gasteiger partial charge in [0.1, 0.15) is 0 Å². The van der Waals surface area contributed by atoms with Gasteiger partial charge in [-0.05, 0) is 11.6 Å². The zero-order valence-corrected chi connectivity index (χ0v) is 5.59. The van der Waals surface area contributed by atoms with E-state index in [1.807, 2.05) is 0 Å². The fourth-order valence-electron chi connectivity index (χ4n) is 0.672. The summed E-state index contributed by atoms with van der Waals surface area (Å²) in [7, 11) is 0. The molecule has 0 aliphatic carbocycles. The smallest absolute Gasteiger partial charge is 0.296 e. The molecule has 1 rings (SSSR count). The van der Waals surface area contributed by atoms with Crippen LogP contribution in [0.3, 0.4) is 0 Å².